The molecule has 0 aliphatic rings. The van der Waals surface area contributed by atoms with Crippen LogP contribution in [0.15, 0.2) is 84.9 Å². The van der Waals surface area contributed by atoms with Crippen LogP contribution >= 0.6 is 0 Å². The monoisotopic (exact) mass is 750 g/mol. The molecule has 0 amide bonds. The van der Waals surface area contributed by atoms with Crippen LogP contribution in [-0.2, 0) is 45.2 Å². The Morgan fingerprint density at radius 3 is 1.83 bits per heavy atom. The number of carbonyl (C=O) groups excluding carboxylic acids is 2. The van der Waals surface area contributed by atoms with Gasteiger partial charge in [-0.15, -0.1) is 0 Å². The van der Waals surface area contributed by atoms with Gasteiger partial charge in [0.1, 0.15) is 5.60 Å². The molecule has 3 aromatic rings. The number of esters is 2. The Kier molecular flexibility index (Phi) is 14.3. The number of methoxy groups -OCH3 is 1. The van der Waals surface area contributed by atoms with E-state index in [0.29, 0.717) is 25.7 Å². The number of hydrogen-bond donors (Lipinski definition) is 0. The zero-order valence-corrected chi connectivity index (χ0v) is 35.2. The maximum absolute atomic E-state index is 13.8. The Morgan fingerprint density at radius 1 is 0.769 bits per heavy atom. The van der Waals surface area contributed by atoms with Gasteiger partial charge in [0.15, 0.2) is 9.84 Å². The van der Waals surface area contributed by atoms with Gasteiger partial charge in [-0.1, -0.05) is 133 Å². The third kappa shape index (κ3) is 11.4. The van der Waals surface area contributed by atoms with Crippen molar-refractivity contribution in [1.29, 1.82) is 0 Å². The molecule has 3 aromatic carbocycles. The molecule has 0 saturated heterocycles. The van der Waals surface area contributed by atoms with Crippen LogP contribution in [0.3, 0.4) is 0 Å². The molecular formula is C43H62O7SSi. The van der Waals surface area contributed by atoms with Crippen LogP contribution in [0.25, 0.3) is 0 Å². The highest BCUT2D eigenvalue weighted by molar-refractivity contribution is 7.91. The van der Waals surface area contributed by atoms with Crippen LogP contribution in [0.4, 0.5) is 0 Å². The second-order valence-corrected chi connectivity index (χ2v) is 23.8. The topological polar surface area (TPSA) is 96.0 Å². The lowest BCUT2D eigenvalue weighted by molar-refractivity contribution is -0.162. The van der Waals surface area contributed by atoms with E-state index in [-0.39, 0.29) is 41.0 Å². The summed E-state index contributed by atoms with van der Waals surface area (Å²) in [4.78, 5) is 25.9. The standard InChI is InChI=1S/C43H62O7SSi/c1-33(38(44)48-11)30-34-20-18-21-35(31-34)43(10,39(45)50-40(2,3)4)27-19-26-42(8,9)32-51(46,47)29-28-49-52(41(5,6)7,36-22-14-12-15-23-36)37-24-16-13-17-25-37/h12-18,20-25,31,33H,19,26-30,32H2,1-11H3/t33-,43?/m1/s1. The lowest BCUT2D eigenvalue weighted by atomic mass is 9.75. The minimum Gasteiger partial charge on any atom is -0.469 e. The number of sulfone groups is 1. The van der Waals surface area contributed by atoms with Crippen LogP contribution < -0.4 is 10.4 Å². The number of hydrogen-bond acceptors (Lipinski definition) is 7. The summed E-state index contributed by atoms with van der Waals surface area (Å²) < 4.78 is 45.2. The highest BCUT2D eigenvalue weighted by atomic mass is 32.2. The first-order valence-corrected chi connectivity index (χ1v) is 22.1. The lowest BCUT2D eigenvalue weighted by Crippen LogP contribution is -2.66. The Balaban J connectivity index is 1.77. The van der Waals surface area contributed by atoms with Gasteiger partial charge < -0.3 is 13.9 Å². The zero-order valence-electron chi connectivity index (χ0n) is 33.4. The summed E-state index contributed by atoms with van der Waals surface area (Å²) in [6.07, 6.45) is 2.16. The molecule has 0 saturated carbocycles. The van der Waals surface area contributed by atoms with Crippen molar-refractivity contribution >= 4 is 40.5 Å². The molecule has 0 heterocycles. The Morgan fingerprint density at radius 2 is 1.33 bits per heavy atom. The summed E-state index contributed by atoms with van der Waals surface area (Å²) in [5.41, 5.74) is -0.461. The van der Waals surface area contributed by atoms with Gasteiger partial charge in [0.2, 0.25) is 0 Å². The van der Waals surface area contributed by atoms with Crippen molar-refractivity contribution in [3.05, 3.63) is 96.1 Å². The quantitative estimate of drug-likeness (QED) is 0.103. The Hall–Kier alpha value is -3.27. The first-order valence-electron chi connectivity index (χ1n) is 18.4. The normalized spacial score (nSPS) is 14.7. The smallest absolute Gasteiger partial charge is 0.316 e. The van der Waals surface area contributed by atoms with E-state index in [1.807, 2.05) is 109 Å². The zero-order chi connectivity index (χ0) is 39.0. The summed E-state index contributed by atoms with van der Waals surface area (Å²) >= 11 is 0. The van der Waals surface area contributed by atoms with E-state index in [1.54, 1.807) is 0 Å². The summed E-state index contributed by atoms with van der Waals surface area (Å²) in [6, 6.07) is 28.2. The van der Waals surface area contributed by atoms with Gasteiger partial charge in [-0.05, 0) is 78.9 Å². The second-order valence-electron chi connectivity index (χ2n) is 17.3. The van der Waals surface area contributed by atoms with Crippen LogP contribution in [0.5, 0.6) is 0 Å². The van der Waals surface area contributed by atoms with Crippen LogP contribution in [0.2, 0.25) is 5.04 Å². The molecule has 0 aliphatic carbocycles. The molecule has 0 bridgehead atoms. The lowest BCUT2D eigenvalue weighted by Gasteiger charge is -2.43. The van der Waals surface area contributed by atoms with E-state index >= 15 is 0 Å². The van der Waals surface area contributed by atoms with Crippen molar-refractivity contribution in [1.82, 2.24) is 0 Å². The van der Waals surface area contributed by atoms with Crippen LogP contribution in [0.1, 0.15) is 99.6 Å². The molecule has 0 radical (unpaired) electrons. The second kappa shape index (κ2) is 17.2. The van der Waals surface area contributed by atoms with E-state index in [0.717, 1.165) is 21.5 Å². The van der Waals surface area contributed by atoms with Crippen molar-refractivity contribution < 1.29 is 31.9 Å². The summed E-state index contributed by atoms with van der Waals surface area (Å²) in [7, 11) is -4.97. The number of benzene rings is 3. The minimum absolute atomic E-state index is 0.00810. The summed E-state index contributed by atoms with van der Waals surface area (Å²) in [6.45, 7) is 19.9. The maximum Gasteiger partial charge on any atom is 0.316 e. The molecule has 2 atom stereocenters. The predicted octanol–water partition coefficient (Wildman–Crippen LogP) is 7.83. The van der Waals surface area contributed by atoms with Crippen molar-refractivity contribution in [2.45, 2.75) is 111 Å². The van der Waals surface area contributed by atoms with E-state index in [9.17, 15) is 18.0 Å². The molecule has 0 aromatic heterocycles. The molecule has 9 heteroatoms. The van der Waals surface area contributed by atoms with Crippen molar-refractivity contribution in [3.63, 3.8) is 0 Å². The van der Waals surface area contributed by atoms with Gasteiger partial charge in [-0.3, -0.25) is 9.59 Å². The SMILES string of the molecule is COC(=O)[C@H](C)Cc1cccc(C(C)(CCCC(C)(C)CS(=O)(=O)CCO[Si](c2ccccc2)(c2ccccc2)C(C)(C)C)C(=O)OC(C)(C)C)c1. The third-order valence-electron chi connectivity index (χ3n) is 9.83. The van der Waals surface area contributed by atoms with Crippen LogP contribution in [-0.4, -0.2) is 59.5 Å². The number of ether oxygens (including phenoxy) is 2. The van der Waals surface area contributed by atoms with Gasteiger partial charge in [0.25, 0.3) is 8.32 Å². The fourth-order valence-electron chi connectivity index (χ4n) is 7.18. The van der Waals surface area contributed by atoms with E-state index in [4.69, 9.17) is 13.9 Å². The van der Waals surface area contributed by atoms with E-state index < -0.39 is 34.6 Å². The molecule has 0 aliphatic heterocycles. The van der Waals surface area contributed by atoms with Crippen molar-refractivity contribution in [2.24, 2.45) is 11.3 Å². The Labute approximate surface area is 314 Å². The third-order valence-corrected chi connectivity index (χ3v) is 16.9. The number of rotatable bonds is 17. The number of carbonyl (C=O) groups is 2. The van der Waals surface area contributed by atoms with Gasteiger partial charge in [0.05, 0.1) is 29.9 Å². The molecule has 1 unspecified atom stereocenters. The molecule has 286 valence electrons. The van der Waals surface area contributed by atoms with Crippen LogP contribution in [0, 0.1) is 11.3 Å². The predicted molar refractivity (Wildman–Crippen MR) is 214 cm³/mol. The highest BCUT2D eigenvalue weighted by Crippen LogP contribution is 2.38. The molecule has 0 spiro atoms. The summed E-state index contributed by atoms with van der Waals surface area (Å²) in [5.74, 6) is -1.01. The molecule has 3 rings (SSSR count). The van der Waals surface area contributed by atoms with Gasteiger partial charge in [-0.25, -0.2) is 8.42 Å². The van der Waals surface area contributed by atoms with Gasteiger partial charge >= 0.3 is 11.9 Å². The average Bonchev–Trinajstić information content (AvgIpc) is 3.05. The largest absolute Gasteiger partial charge is 0.469 e. The fourth-order valence-corrected chi connectivity index (χ4v) is 13.7. The van der Waals surface area contributed by atoms with E-state index in [2.05, 4.69) is 45.0 Å². The molecule has 0 N–H and O–H groups in total. The highest BCUT2D eigenvalue weighted by Gasteiger charge is 2.50. The van der Waals surface area contributed by atoms with E-state index in [1.165, 1.54) is 7.11 Å². The molecule has 52 heavy (non-hydrogen) atoms. The fraction of sp³-hybridized carbons (Fsp3) is 0.535. The maximum atomic E-state index is 13.8. The van der Waals surface area contributed by atoms with Gasteiger partial charge in [0, 0.05) is 6.61 Å². The molecule has 7 nitrogen and oxygen atoms in total. The van der Waals surface area contributed by atoms with Gasteiger partial charge in [-0.2, -0.15) is 0 Å². The molecular weight excluding hydrogens is 689 g/mol. The van der Waals surface area contributed by atoms with Crippen molar-refractivity contribution in [2.75, 3.05) is 25.2 Å². The Bertz CT molecular complexity index is 1680. The average molecular weight is 751 g/mol. The first-order chi connectivity index (χ1) is 24.1. The first kappa shape index (κ1) is 43.1. The summed E-state index contributed by atoms with van der Waals surface area (Å²) in [5, 5.41) is 1.98. The molecule has 0 fully saturated rings. The minimum atomic E-state index is -3.49. The van der Waals surface area contributed by atoms with Crippen molar-refractivity contribution in [3.8, 4) is 0 Å².